The van der Waals surface area contributed by atoms with Gasteiger partial charge in [0.15, 0.2) is 0 Å². The van der Waals surface area contributed by atoms with Crippen LogP contribution in [0.3, 0.4) is 0 Å². The van der Waals surface area contributed by atoms with Gasteiger partial charge in [0.2, 0.25) is 0 Å². The highest BCUT2D eigenvalue weighted by Crippen LogP contribution is 2.39. The van der Waals surface area contributed by atoms with Gasteiger partial charge in [0.05, 0.1) is 5.69 Å². The molecule has 2 rings (SSSR count). The van der Waals surface area contributed by atoms with Gasteiger partial charge in [-0.1, -0.05) is 19.1 Å². The molecule has 1 aromatic rings. The molecule has 76 valence electrons. The van der Waals surface area contributed by atoms with E-state index in [2.05, 4.69) is 32.2 Å². The minimum atomic E-state index is 0.0613. The van der Waals surface area contributed by atoms with Crippen molar-refractivity contribution in [2.45, 2.75) is 32.7 Å². The molecule has 0 radical (unpaired) electrons. The molecular formula is C12H17NO. The second-order valence-electron chi connectivity index (χ2n) is 4.76. The van der Waals surface area contributed by atoms with Gasteiger partial charge in [-0.05, 0) is 37.8 Å². The summed E-state index contributed by atoms with van der Waals surface area (Å²) in [6, 6.07) is 5.71. The van der Waals surface area contributed by atoms with Gasteiger partial charge in [0.25, 0.3) is 0 Å². The van der Waals surface area contributed by atoms with Gasteiger partial charge in [-0.3, -0.25) is 0 Å². The van der Waals surface area contributed by atoms with Gasteiger partial charge < -0.3 is 10.4 Å². The van der Waals surface area contributed by atoms with E-state index in [0.29, 0.717) is 11.7 Å². The number of para-hydroxylation sites is 1. The van der Waals surface area contributed by atoms with Crippen molar-refractivity contribution in [3.8, 4) is 5.75 Å². The van der Waals surface area contributed by atoms with Crippen molar-refractivity contribution in [2.24, 2.45) is 5.92 Å². The summed E-state index contributed by atoms with van der Waals surface area (Å²) in [6.45, 7) is 6.58. The van der Waals surface area contributed by atoms with Crippen molar-refractivity contribution in [1.29, 1.82) is 0 Å². The third-order valence-corrected chi connectivity index (χ3v) is 3.33. The predicted molar refractivity (Wildman–Crippen MR) is 58.7 cm³/mol. The van der Waals surface area contributed by atoms with Crippen molar-refractivity contribution in [3.63, 3.8) is 0 Å². The Morgan fingerprint density at radius 3 is 2.86 bits per heavy atom. The minimum Gasteiger partial charge on any atom is -0.506 e. The van der Waals surface area contributed by atoms with Crippen LogP contribution in [0.25, 0.3) is 0 Å². The molecule has 0 fully saturated rings. The molecule has 1 heterocycles. The number of rotatable bonds is 0. The number of benzene rings is 1. The van der Waals surface area contributed by atoms with Crippen LogP contribution in [0.1, 0.15) is 26.3 Å². The molecule has 0 aliphatic carbocycles. The van der Waals surface area contributed by atoms with E-state index < -0.39 is 0 Å². The topological polar surface area (TPSA) is 32.3 Å². The molecule has 0 saturated heterocycles. The first-order valence-corrected chi connectivity index (χ1v) is 5.10. The number of anilines is 1. The summed E-state index contributed by atoms with van der Waals surface area (Å²) < 4.78 is 0. The first kappa shape index (κ1) is 9.38. The predicted octanol–water partition coefficient (Wildman–Crippen LogP) is 2.77. The first-order valence-electron chi connectivity index (χ1n) is 5.10. The summed E-state index contributed by atoms with van der Waals surface area (Å²) >= 11 is 0. The average Bonchev–Trinajstić information content (AvgIpc) is 2.09. The fourth-order valence-electron chi connectivity index (χ4n) is 1.93. The molecular weight excluding hydrogens is 174 g/mol. The van der Waals surface area contributed by atoms with E-state index in [4.69, 9.17) is 0 Å². The summed E-state index contributed by atoms with van der Waals surface area (Å²) in [5, 5.41) is 13.1. The van der Waals surface area contributed by atoms with Crippen LogP contribution >= 0.6 is 0 Å². The van der Waals surface area contributed by atoms with E-state index in [1.807, 2.05) is 6.07 Å². The highest BCUT2D eigenvalue weighted by Gasteiger charge is 2.32. The Labute approximate surface area is 85.0 Å². The lowest BCUT2D eigenvalue weighted by Crippen LogP contribution is -2.42. The summed E-state index contributed by atoms with van der Waals surface area (Å²) in [4.78, 5) is 0. The van der Waals surface area contributed by atoms with E-state index in [9.17, 15) is 5.11 Å². The lowest BCUT2D eigenvalue weighted by atomic mass is 9.80. The van der Waals surface area contributed by atoms with Crippen LogP contribution in [-0.4, -0.2) is 10.6 Å². The van der Waals surface area contributed by atoms with Crippen molar-refractivity contribution >= 4 is 5.69 Å². The van der Waals surface area contributed by atoms with Crippen LogP contribution in [0.15, 0.2) is 18.2 Å². The standard InChI is InChI=1S/C12H17NO/c1-8-7-9-5-4-6-10(14)11(9)13-12(8,2)3/h4-6,8,13-14H,7H2,1-3H3. The second kappa shape index (κ2) is 2.91. The van der Waals surface area contributed by atoms with Gasteiger partial charge in [0.1, 0.15) is 5.75 Å². The summed E-state index contributed by atoms with van der Waals surface area (Å²) in [5.74, 6) is 0.944. The van der Waals surface area contributed by atoms with Crippen molar-refractivity contribution < 1.29 is 5.11 Å². The summed E-state index contributed by atoms with van der Waals surface area (Å²) in [6.07, 6.45) is 1.03. The Hall–Kier alpha value is -1.18. The van der Waals surface area contributed by atoms with Crippen molar-refractivity contribution in [1.82, 2.24) is 0 Å². The van der Waals surface area contributed by atoms with E-state index >= 15 is 0 Å². The normalized spacial score (nSPS) is 23.8. The molecule has 0 spiro atoms. The molecule has 1 aromatic carbocycles. The molecule has 1 atom stereocenters. The maximum absolute atomic E-state index is 9.71. The number of phenols is 1. The number of fused-ring (bicyclic) bond motifs is 1. The summed E-state index contributed by atoms with van der Waals surface area (Å²) in [5.41, 5.74) is 2.19. The molecule has 1 aliphatic rings. The SMILES string of the molecule is CC1Cc2cccc(O)c2NC1(C)C. The number of hydrogen-bond acceptors (Lipinski definition) is 2. The van der Waals surface area contributed by atoms with Crippen LogP contribution in [-0.2, 0) is 6.42 Å². The van der Waals surface area contributed by atoms with Crippen LogP contribution < -0.4 is 5.32 Å². The highest BCUT2D eigenvalue weighted by atomic mass is 16.3. The largest absolute Gasteiger partial charge is 0.506 e. The third kappa shape index (κ3) is 1.35. The van der Waals surface area contributed by atoms with E-state index in [1.165, 1.54) is 5.56 Å². The van der Waals surface area contributed by atoms with Gasteiger partial charge in [-0.2, -0.15) is 0 Å². The van der Waals surface area contributed by atoms with E-state index in [1.54, 1.807) is 6.07 Å². The molecule has 0 amide bonds. The monoisotopic (exact) mass is 191 g/mol. The summed E-state index contributed by atoms with van der Waals surface area (Å²) in [7, 11) is 0. The Morgan fingerprint density at radius 2 is 2.14 bits per heavy atom. The van der Waals surface area contributed by atoms with Crippen molar-refractivity contribution in [2.75, 3.05) is 5.32 Å². The highest BCUT2D eigenvalue weighted by molar-refractivity contribution is 5.64. The third-order valence-electron chi connectivity index (χ3n) is 3.33. The molecule has 14 heavy (non-hydrogen) atoms. The molecule has 0 saturated carbocycles. The van der Waals surface area contributed by atoms with Crippen LogP contribution in [0, 0.1) is 5.92 Å². The molecule has 2 nitrogen and oxygen atoms in total. The lowest BCUT2D eigenvalue weighted by molar-refractivity contribution is 0.357. The van der Waals surface area contributed by atoms with Gasteiger partial charge in [0, 0.05) is 5.54 Å². The van der Waals surface area contributed by atoms with Crippen molar-refractivity contribution in [3.05, 3.63) is 23.8 Å². The molecule has 0 bridgehead atoms. The zero-order valence-electron chi connectivity index (χ0n) is 8.96. The fraction of sp³-hybridized carbons (Fsp3) is 0.500. The minimum absolute atomic E-state index is 0.0613. The maximum atomic E-state index is 9.71. The zero-order valence-corrected chi connectivity index (χ0v) is 8.96. The second-order valence-corrected chi connectivity index (χ2v) is 4.76. The Kier molecular flexibility index (Phi) is 1.95. The molecule has 0 aromatic heterocycles. The van der Waals surface area contributed by atoms with Crippen LogP contribution in [0.5, 0.6) is 5.75 Å². The zero-order chi connectivity index (χ0) is 10.3. The van der Waals surface area contributed by atoms with Gasteiger partial charge in [-0.15, -0.1) is 0 Å². The molecule has 1 aliphatic heterocycles. The average molecular weight is 191 g/mol. The van der Waals surface area contributed by atoms with Gasteiger partial charge in [-0.25, -0.2) is 0 Å². The van der Waals surface area contributed by atoms with Crippen LogP contribution in [0.2, 0.25) is 0 Å². The maximum Gasteiger partial charge on any atom is 0.138 e. The van der Waals surface area contributed by atoms with E-state index in [-0.39, 0.29) is 5.54 Å². The smallest absolute Gasteiger partial charge is 0.138 e. The van der Waals surface area contributed by atoms with E-state index in [0.717, 1.165) is 12.1 Å². The fourth-order valence-corrected chi connectivity index (χ4v) is 1.93. The van der Waals surface area contributed by atoms with Crippen LogP contribution in [0.4, 0.5) is 5.69 Å². The number of phenolic OH excluding ortho intramolecular Hbond substituents is 1. The Bertz CT molecular complexity index is 357. The Morgan fingerprint density at radius 1 is 1.43 bits per heavy atom. The molecule has 2 N–H and O–H groups in total. The number of nitrogens with one attached hydrogen (secondary N) is 1. The lowest BCUT2D eigenvalue weighted by Gasteiger charge is -2.39. The number of hydrogen-bond donors (Lipinski definition) is 2. The first-order chi connectivity index (χ1) is 6.50. The number of aromatic hydroxyl groups is 1. The quantitative estimate of drug-likeness (QED) is 0.618. The van der Waals surface area contributed by atoms with Gasteiger partial charge >= 0.3 is 0 Å². The Balaban J connectivity index is 2.46. The molecule has 2 heteroatoms. The molecule has 1 unspecified atom stereocenters.